The minimum absolute atomic E-state index is 0.473. The Morgan fingerprint density at radius 2 is 1.80 bits per heavy atom. The van der Waals surface area contributed by atoms with Gasteiger partial charge in [0.2, 0.25) is 0 Å². The fourth-order valence-electron chi connectivity index (χ4n) is 0.858. The minimum atomic E-state index is -5.00. The minimum Gasteiger partial charge on any atom is -0.403 e. The van der Waals surface area contributed by atoms with E-state index in [1.165, 1.54) is 0 Å². The highest BCUT2D eigenvalue weighted by molar-refractivity contribution is 5.55. The molecule has 0 bridgehead atoms. The number of alkyl halides is 3. The van der Waals surface area contributed by atoms with Crippen LogP contribution in [0.15, 0.2) is 18.2 Å². The lowest BCUT2D eigenvalue weighted by atomic mass is 10.3. The molecular formula is C7H5F4NO3. The summed E-state index contributed by atoms with van der Waals surface area (Å²) >= 11 is 0. The zero-order valence-corrected chi connectivity index (χ0v) is 6.99. The molecule has 2 N–H and O–H groups in total. The molecule has 0 radical (unpaired) electrons. The van der Waals surface area contributed by atoms with E-state index in [0.717, 1.165) is 0 Å². The maximum Gasteiger partial charge on any atom is 0.573 e. The summed E-state index contributed by atoms with van der Waals surface area (Å²) < 4.78 is 51.3. The van der Waals surface area contributed by atoms with Crippen molar-refractivity contribution in [1.29, 1.82) is 0 Å². The molecule has 0 aliphatic heterocycles. The topological polar surface area (TPSA) is 52.9 Å². The lowest BCUT2D eigenvalue weighted by molar-refractivity contribution is -0.274. The van der Waals surface area contributed by atoms with Gasteiger partial charge in [-0.25, -0.2) is 4.39 Å². The number of hydrogen-bond acceptors (Lipinski definition) is 4. The van der Waals surface area contributed by atoms with Gasteiger partial charge in [0.15, 0.2) is 5.75 Å². The van der Waals surface area contributed by atoms with Gasteiger partial charge in [0, 0.05) is 6.07 Å². The summed E-state index contributed by atoms with van der Waals surface area (Å²) in [5.74, 6) is -1.86. The molecule has 0 spiro atoms. The van der Waals surface area contributed by atoms with Crippen LogP contribution in [0.2, 0.25) is 0 Å². The van der Waals surface area contributed by atoms with E-state index in [0.29, 0.717) is 18.2 Å². The van der Waals surface area contributed by atoms with E-state index < -0.39 is 28.8 Å². The van der Waals surface area contributed by atoms with Crippen LogP contribution < -0.4 is 9.96 Å². The first-order valence-electron chi connectivity index (χ1n) is 3.53. The molecule has 0 saturated carbocycles. The normalized spacial score (nSPS) is 11.3. The highest BCUT2D eigenvalue weighted by Gasteiger charge is 2.32. The van der Waals surface area contributed by atoms with Crippen LogP contribution in [-0.4, -0.2) is 16.8 Å². The van der Waals surface area contributed by atoms with Crippen molar-refractivity contribution in [2.75, 3.05) is 5.23 Å². The SMILES string of the molecule is ON(O)c1cc(F)ccc1OC(F)(F)F. The lowest BCUT2D eigenvalue weighted by Gasteiger charge is -2.15. The summed E-state index contributed by atoms with van der Waals surface area (Å²) in [6, 6.07) is 1.78. The third-order valence-corrected chi connectivity index (χ3v) is 1.36. The van der Waals surface area contributed by atoms with Gasteiger partial charge in [-0.2, -0.15) is 0 Å². The van der Waals surface area contributed by atoms with E-state index in [4.69, 9.17) is 10.4 Å². The predicted octanol–water partition coefficient (Wildman–Crippen LogP) is 2.31. The number of rotatable bonds is 2. The molecule has 0 saturated heterocycles. The summed E-state index contributed by atoms with van der Waals surface area (Å²) in [6.07, 6.45) is -5.00. The van der Waals surface area contributed by atoms with E-state index in [1.54, 1.807) is 0 Å². The lowest BCUT2D eigenvalue weighted by Crippen LogP contribution is -2.20. The zero-order chi connectivity index (χ0) is 11.6. The van der Waals surface area contributed by atoms with Gasteiger partial charge in [0.25, 0.3) is 0 Å². The van der Waals surface area contributed by atoms with E-state index in [9.17, 15) is 17.6 Å². The Morgan fingerprint density at radius 1 is 1.20 bits per heavy atom. The number of anilines is 1. The smallest absolute Gasteiger partial charge is 0.403 e. The van der Waals surface area contributed by atoms with Crippen LogP contribution >= 0.6 is 0 Å². The molecule has 8 heteroatoms. The van der Waals surface area contributed by atoms with Crippen LogP contribution in [0.3, 0.4) is 0 Å². The maximum atomic E-state index is 12.6. The molecule has 0 aromatic heterocycles. The molecule has 0 aliphatic rings. The van der Waals surface area contributed by atoms with Gasteiger partial charge < -0.3 is 4.74 Å². The number of hydrogen-bond donors (Lipinski definition) is 2. The summed E-state index contributed by atoms with van der Waals surface area (Å²) in [5, 5.41) is 16.3. The Morgan fingerprint density at radius 3 is 2.27 bits per heavy atom. The Bertz CT molecular complexity index is 353. The van der Waals surface area contributed by atoms with Crippen LogP contribution in [0.4, 0.5) is 23.2 Å². The fraction of sp³-hybridized carbons (Fsp3) is 0.143. The maximum absolute atomic E-state index is 12.6. The average Bonchev–Trinajstić information content (AvgIpc) is 2.05. The zero-order valence-electron chi connectivity index (χ0n) is 6.99. The van der Waals surface area contributed by atoms with Gasteiger partial charge in [0.05, 0.1) is 0 Å². The van der Waals surface area contributed by atoms with Crippen molar-refractivity contribution in [1.82, 2.24) is 0 Å². The second-order valence-electron chi connectivity index (χ2n) is 2.45. The molecule has 0 atom stereocenters. The molecular weight excluding hydrogens is 222 g/mol. The first-order chi connectivity index (χ1) is 6.79. The van der Waals surface area contributed by atoms with Gasteiger partial charge in [-0.3, -0.25) is 10.4 Å². The number of benzene rings is 1. The Labute approximate surface area is 80.8 Å². The Hall–Kier alpha value is -1.54. The molecule has 4 nitrogen and oxygen atoms in total. The van der Waals surface area contributed by atoms with Crippen molar-refractivity contribution < 1.29 is 32.7 Å². The van der Waals surface area contributed by atoms with Crippen molar-refractivity contribution in [3.8, 4) is 5.75 Å². The molecule has 1 rings (SSSR count). The van der Waals surface area contributed by atoms with E-state index >= 15 is 0 Å². The van der Waals surface area contributed by atoms with Crippen molar-refractivity contribution in [2.24, 2.45) is 0 Å². The summed E-state index contributed by atoms with van der Waals surface area (Å²) in [6.45, 7) is 0. The highest BCUT2D eigenvalue weighted by atomic mass is 19.4. The average molecular weight is 227 g/mol. The summed E-state index contributed by atoms with van der Waals surface area (Å²) in [5.41, 5.74) is -0.854. The summed E-state index contributed by atoms with van der Waals surface area (Å²) in [7, 11) is 0. The van der Waals surface area contributed by atoms with Gasteiger partial charge in [-0.05, 0) is 12.1 Å². The van der Waals surface area contributed by atoms with Crippen LogP contribution in [0, 0.1) is 5.82 Å². The third kappa shape index (κ3) is 3.26. The first kappa shape index (κ1) is 11.5. The molecule has 84 valence electrons. The van der Waals surface area contributed by atoms with Crippen molar-refractivity contribution in [2.45, 2.75) is 6.36 Å². The summed E-state index contributed by atoms with van der Waals surface area (Å²) in [4.78, 5) is 0. The Kier molecular flexibility index (Phi) is 3.01. The molecule has 15 heavy (non-hydrogen) atoms. The molecule has 0 fully saturated rings. The molecule has 1 aromatic carbocycles. The van der Waals surface area contributed by atoms with Gasteiger partial charge >= 0.3 is 6.36 Å². The molecule has 0 unspecified atom stereocenters. The predicted molar refractivity (Wildman–Crippen MR) is 39.1 cm³/mol. The third-order valence-electron chi connectivity index (χ3n) is 1.36. The number of ether oxygens (including phenoxy) is 1. The molecule has 0 amide bonds. The second kappa shape index (κ2) is 3.91. The second-order valence-corrected chi connectivity index (χ2v) is 2.45. The van der Waals surface area contributed by atoms with Crippen LogP contribution in [0.25, 0.3) is 0 Å². The van der Waals surface area contributed by atoms with Crippen molar-refractivity contribution in [3.63, 3.8) is 0 Å². The van der Waals surface area contributed by atoms with Gasteiger partial charge in [-0.15, -0.1) is 18.4 Å². The van der Waals surface area contributed by atoms with Gasteiger partial charge in [0.1, 0.15) is 11.5 Å². The number of nitrogens with zero attached hydrogens (tertiary/aromatic N) is 1. The van der Waals surface area contributed by atoms with Crippen molar-refractivity contribution >= 4 is 5.69 Å². The fourth-order valence-corrected chi connectivity index (χ4v) is 0.858. The van der Waals surface area contributed by atoms with E-state index in [1.807, 2.05) is 0 Å². The van der Waals surface area contributed by atoms with Gasteiger partial charge in [-0.1, -0.05) is 0 Å². The molecule has 0 aliphatic carbocycles. The standard InChI is InChI=1S/C7H5F4NO3/c8-4-1-2-6(15-7(9,10)11)5(3-4)12(13)14/h1-3,13-14H. The van der Waals surface area contributed by atoms with E-state index in [-0.39, 0.29) is 0 Å². The first-order valence-corrected chi connectivity index (χ1v) is 3.53. The largest absolute Gasteiger partial charge is 0.573 e. The van der Waals surface area contributed by atoms with E-state index in [2.05, 4.69) is 4.74 Å². The molecule has 0 heterocycles. The highest BCUT2D eigenvalue weighted by Crippen LogP contribution is 2.32. The number of halogens is 4. The quantitative estimate of drug-likeness (QED) is 0.601. The van der Waals surface area contributed by atoms with Crippen LogP contribution in [0.5, 0.6) is 5.75 Å². The van der Waals surface area contributed by atoms with Crippen molar-refractivity contribution in [3.05, 3.63) is 24.0 Å². The molecule has 1 aromatic rings. The Balaban J connectivity index is 3.06. The van der Waals surface area contributed by atoms with Crippen LogP contribution in [-0.2, 0) is 0 Å². The van der Waals surface area contributed by atoms with Crippen LogP contribution in [0.1, 0.15) is 0 Å². The monoisotopic (exact) mass is 227 g/mol.